The molecule has 6 N–H and O–H groups in total. The van der Waals surface area contributed by atoms with E-state index in [0.717, 1.165) is 0 Å². The lowest BCUT2D eigenvalue weighted by molar-refractivity contribution is -0.0233. The second-order valence-electron chi connectivity index (χ2n) is 4.94. The molecular weight excluding hydrogens is 282 g/mol. The molecule has 0 spiro atoms. The molecule has 0 radical (unpaired) electrons. The zero-order chi connectivity index (χ0) is 15.6. The molecule has 1 fully saturated rings. The van der Waals surface area contributed by atoms with Crippen LogP contribution in [0.15, 0.2) is 15.8 Å². The predicted octanol–water partition coefficient (Wildman–Crippen LogP) is -2.96. The number of hydrogen-bond donors (Lipinski definition) is 5. The summed E-state index contributed by atoms with van der Waals surface area (Å²) in [4.78, 5) is 25.7. The van der Waals surface area contributed by atoms with E-state index in [-0.39, 0.29) is 5.56 Å². The van der Waals surface area contributed by atoms with Gasteiger partial charge in [0.05, 0.1) is 12.2 Å². The van der Waals surface area contributed by atoms with Crippen molar-refractivity contribution in [3.8, 4) is 0 Å². The Balaban J connectivity index is 2.35. The smallest absolute Gasteiger partial charge is 0.328 e. The lowest BCUT2D eigenvalue weighted by Crippen LogP contribution is -2.36. The summed E-state index contributed by atoms with van der Waals surface area (Å²) in [6.45, 7) is 0.210. The van der Waals surface area contributed by atoms with E-state index in [4.69, 9.17) is 15.6 Å². The van der Waals surface area contributed by atoms with E-state index in [1.54, 1.807) is 0 Å². The van der Waals surface area contributed by atoms with Crippen LogP contribution in [0.4, 0.5) is 0 Å². The van der Waals surface area contributed by atoms with Gasteiger partial charge in [-0.3, -0.25) is 9.78 Å². The van der Waals surface area contributed by atoms with Crippen molar-refractivity contribution in [1.29, 1.82) is 0 Å². The number of aromatic nitrogens is 2. The van der Waals surface area contributed by atoms with Crippen LogP contribution < -0.4 is 17.0 Å². The number of aromatic amines is 1. The molecule has 0 amide bonds. The van der Waals surface area contributed by atoms with Crippen LogP contribution in [0.5, 0.6) is 0 Å². The molecule has 0 aliphatic carbocycles. The van der Waals surface area contributed by atoms with Crippen molar-refractivity contribution in [2.75, 3.05) is 13.2 Å². The van der Waals surface area contributed by atoms with Gasteiger partial charge in [-0.25, -0.2) is 4.79 Å². The summed E-state index contributed by atoms with van der Waals surface area (Å²) in [5.74, 6) is 0. The van der Waals surface area contributed by atoms with Crippen molar-refractivity contribution in [1.82, 2.24) is 9.55 Å². The van der Waals surface area contributed by atoms with Crippen LogP contribution in [-0.4, -0.2) is 56.3 Å². The van der Waals surface area contributed by atoms with Gasteiger partial charge in [0, 0.05) is 12.7 Å². The number of aliphatic hydroxyl groups is 3. The number of H-pyrrole nitrogens is 1. The summed E-state index contributed by atoms with van der Waals surface area (Å²) in [5, 5.41) is 28.7. The third kappa shape index (κ3) is 3.06. The summed E-state index contributed by atoms with van der Waals surface area (Å²) in [6.07, 6.45) is -2.91. The Kier molecular flexibility index (Phi) is 4.91. The van der Waals surface area contributed by atoms with Crippen LogP contribution in [0, 0.1) is 0 Å². The number of aliphatic hydroxyl groups excluding tert-OH is 3. The summed E-state index contributed by atoms with van der Waals surface area (Å²) in [6, 6.07) is 0. The lowest BCUT2D eigenvalue weighted by atomic mass is 10.0. The summed E-state index contributed by atoms with van der Waals surface area (Å²) in [7, 11) is 0. The maximum absolute atomic E-state index is 11.9. The zero-order valence-electron chi connectivity index (χ0n) is 11.3. The van der Waals surface area contributed by atoms with Gasteiger partial charge in [0.2, 0.25) is 0 Å². The van der Waals surface area contributed by atoms with Crippen LogP contribution in [0.2, 0.25) is 0 Å². The van der Waals surface area contributed by atoms with Gasteiger partial charge in [-0.05, 0) is 13.0 Å². The Morgan fingerprint density at radius 1 is 1.33 bits per heavy atom. The highest BCUT2D eigenvalue weighted by molar-refractivity contribution is 5.14. The Labute approximate surface area is 119 Å². The number of nitrogens with one attached hydrogen (secondary N) is 1. The van der Waals surface area contributed by atoms with Crippen LogP contribution in [0.25, 0.3) is 0 Å². The second kappa shape index (κ2) is 6.50. The molecule has 0 aromatic carbocycles. The average molecular weight is 301 g/mol. The van der Waals surface area contributed by atoms with Gasteiger partial charge in [0.1, 0.15) is 24.4 Å². The first-order valence-corrected chi connectivity index (χ1v) is 6.65. The van der Waals surface area contributed by atoms with Gasteiger partial charge in [0.25, 0.3) is 5.56 Å². The van der Waals surface area contributed by atoms with Crippen molar-refractivity contribution in [3.05, 3.63) is 32.6 Å². The maximum atomic E-state index is 11.9. The van der Waals surface area contributed by atoms with Crippen LogP contribution in [0.3, 0.4) is 0 Å². The van der Waals surface area contributed by atoms with E-state index in [9.17, 15) is 19.8 Å². The highest BCUT2D eigenvalue weighted by atomic mass is 16.6. The number of hydrogen-bond acceptors (Lipinski definition) is 7. The molecule has 1 aliphatic rings. The molecule has 0 saturated carbocycles. The van der Waals surface area contributed by atoms with Crippen molar-refractivity contribution in [2.45, 2.75) is 37.4 Å². The molecule has 2 heterocycles. The summed E-state index contributed by atoms with van der Waals surface area (Å²) < 4.78 is 6.55. The van der Waals surface area contributed by atoms with E-state index >= 15 is 0 Å². The van der Waals surface area contributed by atoms with Gasteiger partial charge in [-0.1, -0.05) is 0 Å². The lowest BCUT2D eigenvalue weighted by Gasteiger charge is -2.15. The molecular formula is C12H19N3O6. The minimum Gasteiger partial charge on any atom is -0.394 e. The van der Waals surface area contributed by atoms with E-state index < -0.39 is 42.3 Å². The van der Waals surface area contributed by atoms with Crippen LogP contribution in [0.1, 0.15) is 18.1 Å². The molecule has 9 nitrogen and oxygen atoms in total. The van der Waals surface area contributed by atoms with Gasteiger partial charge in [0.15, 0.2) is 0 Å². The molecule has 21 heavy (non-hydrogen) atoms. The standard InChI is InChI=1S/C12H19N3O6/c13-2-1-3-15-4-6(11(19)14-12(15)20)10-9(18)8(17)7(5-16)21-10/h4,7-10,16-18H,1-3,5,13H2,(H,14,19,20)/t7-,8?,9+,10+/m1/s1. The number of nitrogens with two attached hydrogens (primary N) is 1. The van der Waals surface area contributed by atoms with E-state index in [2.05, 4.69) is 4.98 Å². The molecule has 4 atom stereocenters. The first-order chi connectivity index (χ1) is 9.99. The molecule has 1 aromatic heterocycles. The van der Waals surface area contributed by atoms with E-state index in [1.807, 2.05) is 0 Å². The van der Waals surface area contributed by atoms with Crippen molar-refractivity contribution in [2.24, 2.45) is 5.73 Å². The molecule has 118 valence electrons. The van der Waals surface area contributed by atoms with Crippen molar-refractivity contribution in [3.63, 3.8) is 0 Å². The number of nitrogens with zero attached hydrogens (tertiary/aromatic N) is 1. The van der Waals surface area contributed by atoms with Crippen LogP contribution >= 0.6 is 0 Å². The Morgan fingerprint density at radius 3 is 2.62 bits per heavy atom. The van der Waals surface area contributed by atoms with Gasteiger partial charge in [-0.15, -0.1) is 0 Å². The maximum Gasteiger partial charge on any atom is 0.328 e. The van der Waals surface area contributed by atoms with E-state index in [0.29, 0.717) is 19.5 Å². The van der Waals surface area contributed by atoms with Crippen molar-refractivity contribution < 1.29 is 20.1 Å². The minimum absolute atomic E-state index is 0.0223. The number of ether oxygens (including phenoxy) is 1. The number of rotatable bonds is 5. The largest absolute Gasteiger partial charge is 0.394 e. The summed E-state index contributed by atoms with van der Waals surface area (Å²) >= 11 is 0. The highest BCUT2D eigenvalue weighted by Gasteiger charge is 2.44. The highest BCUT2D eigenvalue weighted by Crippen LogP contribution is 2.31. The normalized spacial score (nSPS) is 29.0. The Bertz CT molecular complexity index is 597. The SMILES string of the molecule is NCCCn1cc([C@@H]2O[C@H](CO)C(O)[C@@H]2O)c(=O)[nH]c1=O. The zero-order valence-corrected chi connectivity index (χ0v) is 11.3. The van der Waals surface area contributed by atoms with Crippen LogP contribution in [-0.2, 0) is 11.3 Å². The predicted molar refractivity (Wildman–Crippen MR) is 71.7 cm³/mol. The third-order valence-corrected chi connectivity index (χ3v) is 3.49. The van der Waals surface area contributed by atoms with Gasteiger partial charge >= 0.3 is 5.69 Å². The second-order valence-corrected chi connectivity index (χ2v) is 4.94. The Hall–Kier alpha value is -1.52. The van der Waals surface area contributed by atoms with Crippen molar-refractivity contribution >= 4 is 0 Å². The summed E-state index contributed by atoms with van der Waals surface area (Å²) in [5.41, 5.74) is 4.13. The van der Waals surface area contributed by atoms with Gasteiger partial charge in [-0.2, -0.15) is 0 Å². The first kappa shape index (κ1) is 15.9. The average Bonchev–Trinajstić information content (AvgIpc) is 2.74. The van der Waals surface area contributed by atoms with Gasteiger partial charge < -0.3 is 30.4 Å². The fourth-order valence-corrected chi connectivity index (χ4v) is 2.31. The Morgan fingerprint density at radius 2 is 2.05 bits per heavy atom. The fourth-order valence-electron chi connectivity index (χ4n) is 2.31. The molecule has 1 unspecified atom stereocenters. The molecule has 1 aliphatic heterocycles. The molecule has 1 aromatic rings. The fraction of sp³-hybridized carbons (Fsp3) is 0.667. The topological polar surface area (TPSA) is 151 Å². The van der Waals surface area contributed by atoms with E-state index in [1.165, 1.54) is 10.8 Å². The minimum atomic E-state index is -1.36. The molecule has 9 heteroatoms. The first-order valence-electron chi connectivity index (χ1n) is 6.65. The quantitative estimate of drug-likeness (QED) is 0.390. The monoisotopic (exact) mass is 301 g/mol. The molecule has 1 saturated heterocycles. The molecule has 2 rings (SSSR count). The third-order valence-electron chi connectivity index (χ3n) is 3.49. The molecule has 0 bridgehead atoms. The number of aryl methyl sites for hydroxylation is 1.